The molecule has 0 saturated heterocycles. The lowest BCUT2D eigenvalue weighted by Crippen LogP contribution is -2.47. The van der Waals surface area contributed by atoms with E-state index in [1.54, 1.807) is 6.92 Å². The summed E-state index contributed by atoms with van der Waals surface area (Å²) in [5, 5.41) is 8.81. The van der Waals surface area contributed by atoms with E-state index in [2.05, 4.69) is 0 Å². The Morgan fingerprint density at radius 2 is 1.42 bits per heavy atom. The maximum absolute atomic E-state index is 10.7. The molecule has 72 valence electrons. The van der Waals surface area contributed by atoms with Crippen LogP contribution in [0.3, 0.4) is 0 Å². The Bertz CT molecular complexity index is 147. The molecule has 0 aliphatic carbocycles. The van der Waals surface area contributed by atoms with Crippen LogP contribution in [0.2, 0.25) is 0 Å². The highest BCUT2D eigenvalue weighted by molar-refractivity contribution is 5.72. The summed E-state index contributed by atoms with van der Waals surface area (Å²) in [6.07, 6.45) is 0. The molecule has 1 atom stereocenters. The standard InChI is InChI=1S/C9H19NO2/c1-6(2)10(7(3)4)8(5)9(11)12/h6-8H,1-5H3,(H,11,12)/t8-/m0/s1. The summed E-state index contributed by atoms with van der Waals surface area (Å²) < 4.78 is 0. The van der Waals surface area contributed by atoms with E-state index >= 15 is 0 Å². The summed E-state index contributed by atoms with van der Waals surface area (Å²) >= 11 is 0. The van der Waals surface area contributed by atoms with E-state index in [-0.39, 0.29) is 12.1 Å². The maximum Gasteiger partial charge on any atom is 0.320 e. The van der Waals surface area contributed by atoms with Crippen LogP contribution >= 0.6 is 0 Å². The van der Waals surface area contributed by atoms with Gasteiger partial charge in [0.1, 0.15) is 6.04 Å². The summed E-state index contributed by atoms with van der Waals surface area (Å²) in [6, 6.07) is 0.150. The molecule has 3 nitrogen and oxygen atoms in total. The highest BCUT2D eigenvalue weighted by atomic mass is 16.4. The van der Waals surface area contributed by atoms with Gasteiger partial charge in [-0.15, -0.1) is 0 Å². The summed E-state index contributed by atoms with van der Waals surface area (Å²) in [4.78, 5) is 12.7. The average Bonchev–Trinajstić information content (AvgIpc) is 1.85. The van der Waals surface area contributed by atoms with Gasteiger partial charge in [-0.25, -0.2) is 0 Å². The van der Waals surface area contributed by atoms with E-state index in [1.807, 2.05) is 32.6 Å². The zero-order valence-electron chi connectivity index (χ0n) is 8.53. The molecular formula is C9H19NO2. The third-order valence-electron chi connectivity index (χ3n) is 2.00. The lowest BCUT2D eigenvalue weighted by Gasteiger charge is -2.33. The first-order valence-electron chi connectivity index (χ1n) is 4.38. The Balaban J connectivity index is 4.40. The van der Waals surface area contributed by atoms with E-state index < -0.39 is 12.0 Å². The van der Waals surface area contributed by atoms with Gasteiger partial charge in [0.2, 0.25) is 0 Å². The van der Waals surface area contributed by atoms with Crippen LogP contribution in [0.25, 0.3) is 0 Å². The number of rotatable bonds is 4. The van der Waals surface area contributed by atoms with Crippen LogP contribution in [0, 0.1) is 0 Å². The van der Waals surface area contributed by atoms with Crippen molar-refractivity contribution in [1.29, 1.82) is 0 Å². The first-order valence-corrected chi connectivity index (χ1v) is 4.38. The van der Waals surface area contributed by atoms with Crippen LogP contribution in [-0.4, -0.2) is 34.1 Å². The second-order valence-electron chi connectivity index (χ2n) is 3.65. The number of hydrogen-bond acceptors (Lipinski definition) is 2. The molecule has 3 heteroatoms. The van der Waals surface area contributed by atoms with E-state index in [0.29, 0.717) is 0 Å². The molecule has 0 bridgehead atoms. The SMILES string of the molecule is CC(C)N(C(C)C)[C@@H](C)C(=O)O. The van der Waals surface area contributed by atoms with Crippen molar-refractivity contribution in [2.45, 2.75) is 52.7 Å². The van der Waals surface area contributed by atoms with Crippen LogP contribution in [0.4, 0.5) is 0 Å². The highest BCUT2D eigenvalue weighted by Crippen LogP contribution is 2.10. The smallest absolute Gasteiger partial charge is 0.320 e. The molecule has 0 saturated carbocycles. The van der Waals surface area contributed by atoms with Gasteiger partial charge >= 0.3 is 5.97 Å². The number of carboxylic acid groups (broad SMARTS) is 1. The van der Waals surface area contributed by atoms with Crippen molar-refractivity contribution in [3.63, 3.8) is 0 Å². The first kappa shape index (κ1) is 11.4. The predicted octanol–water partition coefficient (Wildman–Crippen LogP) is 1.58. The fourth-order valence-corrected chi connectivity index (χ4v) is 1.62. The van der Waals surface area contributed by atoms with E-state index in [4.69, 9.17) is 5.11 Å². The molecular weight excluding hydrogens is 154 g/mol. The van der Waals surface area contributed by atoms with Crippen LogP contribution in [-0.2, 0) is 4.79 Å². The molecule has 0 aliphatic heterocycles. The van der Waals surface area contributed by atoms with Gasteiger partial charge in [0.15, 0.2) is 0 Å². The van der Waals surface area contributed by atoms with E-state index in [9.17, 15) is 4.79 Å². The minimum atomic E-state index is -0.752. The van der Waals surface area contributed by atoms with Crippen molar-refractivity contribution < 1.29 is 9.90 Å². The molecule has 0 aliphatic rings. The zero-order valence-corrected chi connectivity index (χ0v) is 8.53. The van der Waals surface area contributed by atoms with Crippen molar-refractivity contribution in [2.24, 2.45) is 0 Å². The van der Waals surface area contributed by atoms with Crippen molar-refractivity contribution in [3.8, 4) is 0 Å². The van der Waals surface area contributed by atoms with Gasteiger partial charge in [-0.05, 0) is 34.6 Å². The number of carbonyl (C=O) groups is 1. The van der Waals surface area contributed by atoms with E-state index in [1.165, 1.54) is 0 Å². The van der Waals surface area contributed by atoms with Crippen molar-refractivity contribution in [1.82, 2.24) is 4.90 Å². The first-order chi connectivity index (χ1) is 5.37. The Morgan fingerprint density at radius 1 is 1.08 bits per heavy atom. The monoisotopic (exact) mass is 173 g/mol. The molecule has 0 amide bonds. The highest BCUT2D eigenvalue weighted by Gasteiger charge is 2.24. The van der Waals surface area contributed by atoms with Crippen LogP contribution in [0.5, 0.6) is 0 Å². The third-order valence-corrected chi connectivity index (χ3v) is 2.00. The fourth-order valence-electron chi connectivity index (χ4n) is 1.62. The Kier molecular flexibility index (Phi) is 4.24. The minimum absolute atomic E-state index is 0.274. The molecule has 0 spiro atoms. The lowest BCUT2D eigenvalue weighted by molar-refractivity contribution is -0.144. The van der Waals surface area contributed by atoms with Gasteiger partial charge in [0.05, 0.1) is 0 Å². The van der Waals surface area contributed by atoms with Crippen LogP contribution in [0.15, 0.2) is 0 Å². The Labute approximate surface area is 74.4 Å². The van der Waals surface area contributed by atoms with Crippen LogP contribution < -0.4 is 0 Å². The second-order valence-corrected chi connectivity index (χ2v) is 3.65. The minimum Gasteiger partial charge on any atom is -0.480 e. The molecule has 12 heavy (non-hydrogen) atoms. The largest absolute Gasteiger partial charge is 0.480 e. The zero-order chi connectivity index (χ0) is 9.89. The summed E-state index contributed by atoms with van der Waals surface area (Å²) in [6.45, 7) is 9.78. The molecule has 0 rings (SSSR count). The van der Waals surface area contributed by atoms with Crippen LogP contribution in [0.1, 0.15) is 34.6 Å². The third kappa shape index (κ3) is 2.81. The number of carboxylic acids is 1. The molecule has 0 unspecified atom stereocenters. The van der Waals surface area contributed by atoms with Crippen molar-refractivity contribution in [2.75, 3.05) is 0 Å². The predicted molar refractivity (Wildman–Crippen MR) is 49.2 cm³/mol. The van der Waals surface area contributed by atoms with Gasteiger partial charge in [-0.2, -0.15) is 0 Å². The summed E-state index contributed by atoms with van der Waals surface area (Å²) in [7, 11) is 0. The van der Waals surface area contributed by atoms with Crippen molar-refractivity contribution >= 4 is 5.97 Å². The molecule has 0 aromatic heterocycles. The van der Waals surface area contributed by atoms with Crippen molar-refractivity contribution in [3.05, 3.63) is 0 Å². The molecule has 0 aromatic carbocycles. The summed E-state index contributed by atoms with van der Waals surface area (Å²) in [5.74, 6) is -0.752. The lowest BCUT2D eigenvalue weighted by atomic mass is 10.1. The van der Waals surface area contributed by atoms with Gasteiger partial charge < -0.3 is 5.11 Å². The maximum atomic E-state index is 10.7. The number of aliphatic carboxylic acids is 1. The molecule has 1 N–H and O–H groups in total. The van der Waals surface area contributed by atoms with E-state index in [0.717, 1.165) is 0 Å². The fraction of sp³-hybridized carbons (Fsp3) is 0.889. The Morgan fingerprint density at radius 3 is 1.50 bits per heavy atom. The molecule has 0 fully saturated rings. The molecule has 0 radical (unpaired) electrons. The van der Waals surface area contributed by atoms with Gasteiger partial charge in [0.25, 0.3) is 0 Å². The second kappa shape index (κ2) is 4.45. The Hall–Kier alpha value is -0.570. The molecule has 0 aromatic rings. The normalized spacial score (nSPS) is 14.3. The quantitative estimate of drug-likeness (QED) is 0.701. The number of hydrogen-bond donors (Lipinski definition) is 1. The van der Waals surface area contributed by atoms with Gasteiger partial charge in [0, 0.05) is 12.1 Å². The average molecular weight is 173 g/mol. The summed E-state index contributed by atoms with van der Waals surface area (Å²) in [5.41, 5.74) is 0. The topological polar surface area (TPSA) is 40.5 Å². The molecule has 0 heterocycles. The van der Waals surface area contributed by atoms with Gasteiger partial charge in [-0.1, -0.05) is 0 Å². The number of nitrogens with zero attached hydrogens (tertiary/aromatic N) is 1. The van der Waals surface area contributed by atoms with Gasteiger partial charge in [-0.3, -0.25) is 9.69 Å².